The number of rotatable bonds is 4. The SMILES string of the molecule is CN(CCc1ccc(F)cc1F)C1CCCCC1N. The van der Waals surface area contributed by atoms with Crippen LogP contribution in [0, 0.1) is 11.6 Å². The van der Waals surface area contributed by atoms with E-state index < -0.39 is 11.6 Å². The van der Waals surface area contributed by atoms with Crippen LogP contribution in [0.25, 0.3) is 0 Å². The number of halogens is 2. The summed E-state index contributed by atoms with van der Waals surface area (Å²) in [6.07, 6.45) is 5.20. The summed E-state index contributed by atoms with van der Waals surface area (Å²) in [5, 5.41) is 0. The fourth-order valence-corrected chi connectivity index (χ4v) is 2.87. The molecule has 1 fully saturated rings. The van der Waals surface area contributed by atoms with Crippen molar-refractivity contribution in [2.45, 2.75) is 44.2 Å². The summed E-state index contributed by atoms with van der Waals surface area (Å²) in [6.45, 7) is 0.751. The van der Waals surface area contributed by atoms with Crippen LogP contribution in [0.15, 0.2) is 18.2 Å². The Kier molecular flexibility index (Phi) is 4.88. The number of nitrogens with two attached hydrogens (primary N) is 1. The van der Waals surface area contributed by atoms with Gasteiger partial charge in [0, 0.05) is 24.7 Å². The van der Waals surface area contributed by atoms with E-state index in [0.29, 0.717) is 18.0 Å². The maximum Gasteiger partial charge on any atom is 0.129 e. The molecule has 4 heteroatoms. The molecule has 0 amide bonds. The van der Waals surface area contributed by atoms with Gasteiger partial charge in [-0.2, -0.15) is 0 Å². The zero-order valence-electron chi connectivity index (χ0n) is 11.4. The topological polar surface area (TPSA) is 29.3 Å². The first-order valence-electron chi connectivity index (χ1n) is 6.97. The molecule has 0 radical (unpaired) electrons. The highest BCUT2D eigenvalue weighted by molar-refractivity contribution is 5.18. The summed E-state index contributed by atoms with van der Waals surface area (Å²) in [4.78, 5) is 2.21. The van der Waals surface area contributed by atoms with E-state index in [-0.39, 0.29) is 6.04 Å². The summed E-state index contributed by atoms with van der Waals surface area (Å²) in [6, 6.07) is 4.39. The molecule has 0 aromatic heterocycles. The second-order valence-electron chi connectivity index (χ2n) is 5.48. The molecule has 2 atom stereocenters. The summed E-state index contributed by atoms with van der Waals surface area (Å²) in [5.41, 5.74) is 6.70. The summed E-state index contributed by atoms with van der Waals surface area (Å²) in [5.74, 6) is -0.981. The first-order valence-corrected chi connectivity index (χ1v) is 6.97. The van der Waals surface area contributed by atoms with E-state index in [1.807, 2.05) is 7.05 Å². The smallest absolute Gasteiger partial charge is 0.129 e. The number of likely N-dealkylation sites (N-methyl/N-ethyl adjacent to an activating group) is 1. The van der Waals surface area contributed by atoms with Crippen molar-refractivity contribution in [3.63, 3.8) is 0 Å². The predicted molar refractivity (Wildman–Crippen MR) is 72.9 cm³/mol. The third-order valence-corrected chi connectivity index (χ3v) is 4.10. The Morgan fingerprint density at radius 3 is 2.68 bits per heavy atom. The van der Waals surface area contributed by atoms with Crippen LogP contribution < -0.4 is 5.73 Å². The molecule has 2 rings (SSSR count). The lowest BCUT2D eigenvalue weighted by Gasteiger charge is -2.36. The number of hydrogen-bond acceptors (Lipinski definition) is 2. The molecule has 19 heavy (non-hydrogen) atoms. The molecule has 1 aromatic carbocycles. The van der Waals surface area contributed by atoms with Gasteiger partial charge in [-0.1, -0.05) is 18.9 Å². The van der Waals surface area contributed by atoms with Crippen molar-refractivity contribution in [3.8, 4) is 0 Å². The lowest BCUT2D eigenvalue weighted by atomic mass is 9.90. The normalized spacial score (nSPS) is 23.8. The van der Waals surface area contributed by atoms with Gasteiger partial charge in [-0.25, -0.2) is 8.78 Å². The van der Waals surface area contributed by atoms with Crippen LogP contribution in [0.2, 0.25) is 0 Å². The molecule has 0 spiro atoms. The molecule has 0 aliphatic heterocycles. The standard InChI is InChI=1S/C15H22F2N2/c1-19(15-5-3-2-4-14(15)18)9-8-11-6-7-12(16)10-13(11)17/h6-7,10,14-15H,2-5,8-9,18H2,1H3. The van der Waals surface area contributed by atoms with E-state index in [4.69, 9.17) is 5.73 Å². The lowest BCUT2D eigenvalue weighted by Crippen LogP contribution is -2.48. The third-order valence-electron chi connectivity index (χ3n) is 4.10. The van der Waals surface area contributed by atoms with Gasteiger partial charge in [-0.05, 0) is 37.9 Å². The monoisotopic (exact) mass is 268 g/mol. The average molecular weight is 268 g/mol. The summed E-state index contributed by atoms with van der Waals surface area (Å²) < 4.78 is 26.4. The predicted octanol–water partition coefficient (Wildman–Crippen LogP) is 2.71. The van der Waals surface area contributed by atoms with E-state index in [2.05, 4.69) is 4.90 Å². The Hall–Kier alpha value is -1.00. The highest BCUT2D eigenvalue weighted by atomic mass is 19.1. The Morgan fingerprint density at radius 1 is 1.26 bits per heavy atom. The van der Waals surface area contributed by atoms with Crippen LogP contribution in [0.5, 0.6) is 0 Å². The van der Waals surface area contributed by atoms with Crippen LogP contribution in [-0.4, -0.2) is 30.6 Å². The van der Waals surface area contributed by atoms with Crippen molar-refractivity contribution in [1.29, 1.82) is 0 Å². The van der Waals surface area contributed by atoms with E-state index >= 15 is 0 Å². The van der Waals surface area contributed by atoms with Crippen molar-refractivity contribution in [2.75, 3.05) is 13.6 Å². The lowest BCUT2D eigenvalue weighted by molar-refractivity contribution is 0.170. The van der Waals surface area contributed by atoms with Crippen LogP contribution in [0.3, 0.4) is 0 Å². The van der Waals surface area contributed by atoms with Gasteiger partial charge >= 0.3 is 0 Å². The fourth-order valence-electron chi connectivity index (χ4n) is 2.87. The third kappa shape index (κ3) is 3.74. The van der Waals surface area contributed by atoms with Crippen LogP contribution >= 0.6 is 0 Å². The van der Waals surface area contributed by atoms with Crippen molar-refractivity contribution in [2.24, 2.45) is 5.73 Å². The quantitative estimate of drug-likeness (QED) is 0.909. The first-order chi connectivity index (χ1) is 9.08. The van der Waals surface area contributed by atoms with E-state index in [9.17, 15) is 8.78 Å². The molecule has 0 heterocycles. The molecule has 2 unspecified atom stereocenters. The number of benzene rings is 1. The van der Waals surface area contributed by atoms with Gasteiger partial charge in [-0.3, -0.25) is 0 Å². The molecule has 106 valence electrons. The van der Waals surface area contributed by atoms with Crippen LogP contribution in [0.4, 0.5) is 8.78 Å². The Labute approximate surface area is 113 Å². The van der Waals surface area contributed by atoms with Crippen LogP contribution in [-0.2, 0) is 6.42 Å². The maximum atomic E-state index is 13.5. The van der Waals surface area contributed by atoms with Crippen molar-refractivity contribution in [1.82, 2.24) is 4.90 Å². The number of hydrogen-bond donors (Lipinski definition) is 1. The highest BCUT2D eigenvalue weighted by Crippen LogP contribution is 2.21. The molecule has 0 bridgehead atoms. The average Bonchev–Trinajstić information content (AvgIpc) is 2.38. The van der Waals surface area contributed by atoms with Gasteiger partial charge in [0.25, 0.3) is 0 Å². The van der Waals surface area contributed by atoms with Gasteiger partial charge < -0.3 is 10.6 Å². The zero-order chi connectivity index (χ0) is 13.8. The first kappa shape index (κ1) is 14.4. The van der Waals surface area contributed by atoms with E-state index in [0.717, 1.165) is 25.5 Å². The molecule has 0 saturated heterocycles. The van der Waals surface area contributed by atoms with Crippen molar-refractivity contribution < 1.29 is 8.78 Å². The summed E-state index contributed by atoms with van der Waals surface area (Å²) in [7, 11) is 2.04. The zero-order valence-corrected chi connectivity index (χ0v) is 11.4. The number of nitrogens with zero attached hydrogens (tertiary/aromatic N) is 1. The molecular formula is C15H22F2N2. The molecule has 1 aromatic rings. The van der Waals surface area contributed by atoms with E-state index in [1.54, 1.807) is 0 Å². The van der Waals surface area contributed by atoms with Crippen molar-refractivity contribution >= 4 is 0 Å². The van der Waals surface area contributed by atoms with Crippen LogP contribution in [0.1, 0.15) is 31.2 Å². The molecule has 2 N–H and O–H groups in total. The molecular weight excluding hydrogens is 246 g/mol. The van der Waals surface area contributed by atoms with Gasteiger partial charge in [-0.15, -0.1) is 0 Å². The highest BCUT2D eigenvalue weighted by Gasteiger charge is 2.25. The molecule has 2 nitrogen and oxygen atoms in total. The van der Waals surface area contributed by atoms with Gasteiger partial charge in [0.05, 0.1) is 0 Å². The van der Waals surface area contributed by atoms with E-state index in [1.165, 1.54) is 25.0 Å². The Morgan fingerprint density at radius 2 is 2.00 bits per heavy atom. The molecule has 1 aliphatic rings. The maximum absolute atomic E-state index is 13.5. The minimum Gasteiger partial charge on any atom is -0.326 e. The second kappa shape index (κ2) is 6.44. The van der Waals surface area contributed by atoms with Gasteiger partial charge in [0.1, 0.15) is 11.6 Å². The second-order valence-corrected chi connectivity index (χ2v) is 5.48. The molecule has 1 saturated carbocycles. The largest absolute Gasteiger partial charge is 0.326 e. The van der Waals surface area contributed by atoms with Crippen molar-refractivity contribution in [3.05, 3.63) is 35.4 Å². The minimum atomic E-state index is -0.524. The van der Waals surface area contributed by atoms with Gasteiger partial charge in [0.2, 0.25) is 0 Å². The molecule has 1 aliphatic carbocycles. The van der Waals surface area contributed by atoms with Gasteiger partial charge in [0.15, 0.2) is 0 Å². The minimum absolute atomic E-state index is 0.219. The summed E-state index contributed by atoms with van der Waals surface area (Å²) >= 11 is 0. The fraction of sp³-hybridized carbons (Fsp3) is 0.600. The Balaban J connectivity index is 1.90. The Bertz CT molecular complexity index is 423.